The minimum Gasteiger partial charge on any atom is -0.380 e. The molecule has 86 valence electrons. The fraction of sp³-hybridized carbons (Fsp3) is 0.462. The third kappa shape index (κ3) is 2.09. The Kier molecular flexibility index (Phi) is 3.25. The average molecular weight is 219 g/mol. The van der Waals surface area contributed by atoms with Gasteiger partial charge in [0.15, 0.2) is 0 Å². The second-order valence-corrected chi connectivity index (χ2v) is 4.21. The highest BCUT2D eigenvalue weighted by Gasteiger charge is 2.27. The van der Waals surface area contributed by atoms with Crippen LogP contribution in [-0.4, -0.2) is 37.1 Å². The van der Waals surface area contributed by atoms with Gasteiger partial charge in [-0.15, -0.1) is 0 Å². The number of amides is 1. The molecule has 16 heavy (non-hydrogen) atoms. The highest BCUT2D eigenvalue weighted by Crippen LogP contribution is 2.17. The first kappa shape index (κ1) is 11.1. The van der Waals surface area contributed by atoms with Gasteiger partial charge in [0, 0.05) is 25.8 Å². The third-order valence-electron chi connectivity index (χ3n) is 3.14. The molecular weight excluding hydrogens is 202 g/mol. The molecule has 1 aliphatic rings. The third-order valence-corrected chi connectivity index (χ3v) is 3.14. The summed E-state index contributed by atoms with van der Waals surface area (Å²) in [5.74, 6) is 0.123. The van der Waals surface area contributed by atoms with E-state index in [0.29, 0.717) is 6.54 Å². The lowest BCUT2D eigenvalue weighted by Crippen LogP contribution is -2.30. The molecule has 1 unspecified atom stereocenters. The monoisotopic (exact) mass is 219 g/mol. The van der Waals surface area contributed by atoms with Gasteiger partial charge in [0.2, 0.25) is 0 Å². The maximum atomic E-state index is 12.2. The molecule has 1 saturated heterocycles. The normalized spacial score (nSPS) is 20.1. The number of carbonyl (C=O) groups excluding carboxylic acids is 1. The second-order valence-electron chi connectivity index (χ2n) is 4.21. The summed E-state index contributed by atoms with van der Waals surface area (Å²) in [6.07, 6.45) is 1.14. The van der Waals surface area contributed by atoms with Crippen LogP contribution in [0.15, 0.2) is 24.3 Å². The molecule has 1 aromatic rings. The fourth-order valence-electron chi connectivity index (χ4n) is 2.09. The lowest BCUT2D eigenvalue weighted by molar-refractivity contribution is 0.0723. The van der Waals surface area contributed by atoms with Crippen LogP contribution in [0.25, 0.3) is 0 Å². The van der Waals surface area contributed by atoms with Crippen LogP contribution in [-0.2, 0) is 4.74 Å². The number of hydrogen-bond donors (Lipinski definition) is 0. The molecule has 0 spiro atoms. The predicted molar refractivity (Wildman–Crippen MR) is 62.5 cm³/mol. The molecule has 0 aliphatic carbocycles. The zero-order valence-electron chi connectivity index (χ0n) is 9.77. The summed E-state index contributed by atoms with van der Waals surface area (Å²) in [6.45, 7) is 3.48. The van der Waals surface area contributed by atoms with E-state index < -0.39 is 0 Å². The smallest absolute Gasteiger partial charge is 0.254 e. The van der Waals surface area contributed by atoms with Gasteiger partial charge < -0.3 is 9.64 Å². The maximum absolute atomic E-state index is 12.2. The topological polar surface area (TPSA) is 29.5 Å². The Morgan fingerprint density at radius 1 is 1.44 bits per heavy atom. The average Bonchev–Trinajstić information content (AvgIpc) is 2.77. The summed E-state index contributed by atoms with van der Waals surface area (Å²) in [6, 6.07) is 7.72. The first-order valence-corrected chi connectivity index (χ1v) is 5.60. The van der Waals surface area contributed by atoms with Crippen LogP contribution in [0, 0.1) is 6.92 Å². The van der Waals surface area contributed by atoms with Gasteiger partial charge in [0.05, 0.1) is 6.10 Å². The van der Waals surface area contributed by atoms with Crippen LogP contribution in [0.1, 0.15) is 22.3 Å². The van der Waals surface area contributed by atoms with E-state index >= 15 is 0 Å². The number of nitrogens with zero attached hydrogens (tertiary/aromatic N) is 1. The van der Waals surface area contributed by atoms with Crippen molar-refractivity contribution in [2.24, 2.45) is 0 Å². The van der Waals surface area contributed by atoms with E-state index in [0.717, 1.165) is 24.1 Å². The van der Waals surface area contributed by atoms with Crippen LogP contribution in [0.5, 0.6) is 0 Å². The summed E-state index contributed by atoms with van der Waals surface area (Å²) in [5, 5.41) is 0. The van der Waals surface area contributed by atoms with Crippen LogP contribution < -0.4 is 0 Å². The van der Waals surface area contributed by atoms with Gasteiger partial charge >= 0.3 is 0 Å². The molecule has 2 rings (SSSR count). The van der Waals surface area contributed by atoms with E-state index in [9.17, 15) is 4.79 Å². The van der Waals surface area contributed by atoms with Crippen molar-refractivity contribution in [2.45, 2.75) is 19.4 Å². The Balaban J connectivity index is 2.12. The van der Waals surface area contributed by atoms with E-state index in [4.69, 9.17) is 4.74 Å². The van der Waals surface area contributed by atoms with Crippen LogP contribution >= 0.6 is 0 Å². The van der Waals surface area contributed by atoms with E-state index in [1.807, 2.05) is 36.1 Å². The number of likely N-dealkylation sites (tertiary alicyclic amines) is 1. The Morgan fingerprint density at radius 2 is 2.19 bits per heavy atom. The molecular formula is C13H17NO2. The lowest BCUT2D eigenvalue weighted by Gasteiger charge is -2.17. The zero-order chi connectivity index (χ0) is 11.5. The molecule has 1 heterocycles. The summed E-state index contributed by atoms with van der Waals surface area (Å²) >= 11 is 0. The fourth-order valence-corrected chi connectivity index (χ4v) is 2.09. The number of rotatable bonds is 2. The van der Waals surface area contributed by atoms with Gasteiger partial charge in [-0.25, -0.2) is 0 Å². The van der Waals surface area contributed by atoms with Gasteiger partial charge in [-0.1, -0.05) is 18.2 Å². The number of carbonyl (C=O) groups is 1. The number of aryl methyl sites for hydroxylation is 1. The number of ether oxygens (including phenoxy) is 1. The molecule has 1 fully saturated rings. The van der Waals surface area contributed by atoms with Gasteiger partial charge in [0.25, 0.3) is 5.91 Å². The summed E-state index contributed by atoms with van der Waals surface area (Å²) in [5.41, 5.74) is 1.84. The van der Waals surface area contributed by atoms with E-state index in [-0.39, 0.29) is 12.0 Å². The molecule has 1 atom stereocenters. The molecule has 1 amide bonds. The van der Waals surface area contributed by atoms with Crippen LogP contribution in [0.3, 0.4) is 0 Å². The molecule has 1 aliphatic heterocycles. The molecule has 0 bridgehead atoms. The van der Waals surface area contributed by atoms with Crippen molar-refractivity contribution in [1.29, 1.82) is 0 Å². The predicted octanol–water partition coefficient (Wildman–Crippen LogP) is 1.86. The quantitative estimate of drug-likeness (QED) is 0.759. The lowest BCUT2D eigenvalue weighted by atomic mass is 10.1. The minimum atomic E-state index is 0.123. The standard InChI is InChI=1S/C13H17NO2/c1-10-5-3-4-6-12(10)13(15)14-8-7-11(9-14)16-2/h3-6,11H,7-9H2,1-2H3. The maximum Gasteiger partial charge on any atom is 0.254 e. The number of benzene rings is 1. The molecule has 0 aromatic heterocycles. The van der Waals surface area contributed by atoms with Crippen molar-refractivity contribution in [2.75, 3.05) is 20.2 Å². The van der Waals surface area contributed by atoms with Crippen molar-refractivity contribution in [3.05, 3.63) is 35.4 Å². The van der Waals surface area contributed by atoms with Gasteiger partial charge in [-0.2, -0.15) is 0 Å². The summed E-state index contributed by atoms with van der Waals surface area (Å²) in [4.78, 5) is 14.1. The SMILES string of the molecule is COC1CCN(C(=O)c2ccccc2C)C1. The zero-order valence-corrected chi connectivity index (χ0v) is 9.77. The summed E-state index contributed by atoms with van der Waals surface area (Å²) < 4.78 is 5.26. The van der Waals surface area contributed by atoms with Crippen LogP contribution in [0.2, 0.25) is 0 Å². The van der Waals surface area contributed by atoms with E-state index in [1.54, 1.807) is 7.11 Å². The van der Waals surface area contributed by atoms with Crippen molar-refractivity contribution in [3.63, 3.8) is 0 Å². The molecule has 0 radical (unpaired) electrons. The Hall–Kier alpha value is -1.35. The van der Waals surface area contributed by atoms with Crippen LogP contribution in [0.4, 0.5) is 0 Å². The number of hydrogen-bond acceptors (Lipinski definition) is 2. The van der Waals surface area contributed by atoms with E-state index in [2.05, 4.69) is 0 Å². The van der Waals surface area contributed by atoms with Crippen molar-refractivity contribution < 1.29 is 9.53 Å². The van der Waals surface area contributed by atoms with Gasteiger partial charge in [-0.3, -0.25) is 4.79 Å². The Morgan fingerprint density at radius 3 is 2.81 bits per heavy atom. The van der Waals surface area contributed by atoms with Crippen molar-refractivity contribution in [3.8, 4) is 0 Å². The molecule has 0 saturated carbocycles. The minimum absolute atomic E-state index is 0.123. The molecule has 3 heteroatoms. The highest BCUT2D eigenvalue weighted by atomic mass is 16.5. The highest BCUT2D eigenvalue weighted by molar-refractivity contribution is 5.95. The van der Waals surface area contributed by atoms with Crippen molar-refractivity contribution in [1.82, 2.24) is 4.90 Å². The molecule has 3 nitrogen and oxygen atoms in total. The van der Waals surface area contributed by atoms with E-state index in [1.165, 1.54) is 0 Å². The Labute approximate surface area is 96.0 Å². The van der Waals surface area contributed by atoms with Gasteiger partial charge in [-0.05, 0) is 25.0 Å². The second kappa shape index (κ2) is 4.66. The molecule has 0 N–H and O–H groups in total. The van der Waals surface area contributed by atoms with Crippen molar-refractivity contribution >= 4 is 5.91 Å². The first-order valence-electron chi connectivity index (χ1n) is 5.60. The van der Waals surface area contributed by atoms with Gasteiger partial charge in [0.1, 0.15) is 0 Å². The largest absolute Gasteiger partial charge is 0.380 e. The first-order chi connectivity index (χ1) is 7.72. The number of methoxy groups -OCH3 is 1. The summed E-state index contributed by atoms with van der Waals surface area (Å²) in [7, 11) is 1.70. The Bertz CT molecular complexity index is 389. The molecule has 1 aromatic carbocycles.